The second-order valence-corrected chi connectivity index (χ2v) is 3.37. The van der Waals surface area contributed by atoms with E-state index in [9.17, 15) is 4.79 Å². The molecule has 0 spiro atoms. The maximum absolute atomic E-state index is 11.2. The normalized spacial score (nSPS) is 18.3. The Morgan fingerprint density at radius 2 is 2.38 bits per heavy atom. The fourth-order valence-electron chi connectivity index (χ4n) is 1.34. The largest absolute Gasteiger partial charge is 0.468 e. The lowest BCUT2D eigenvalue weighted by Crippen LogP contribution is -2.40. The van der Waals surface area contributed by atoms with Crippen molar-refractivity contribution < 1.29 is 14.6 Å². The number of hydrogen-bond acceptors (Lipinski definition) is 4. The predicted octanol–water partition coefficient (Wildman–Crippen LogP) is -0.0900. The number of carbonyl (C=O) groups is 1. The molecule has 76 valence electrons. The third kappa shape index (κ3) is 3.32. The molecule has 1 saturated carbocycles. The molecule has 4 nitrogen and oxygen atoms in total. The summed E-state index contributed by atoms with van der Waals surface area (Å²) in [6.45, 7) is 0.832. The fourth-order valence-corrected chi connectivity index (χ4v) is 1.34. The lowest BCUT2D eigenvalue weighted by Gasteiger charge is -2.14. The SMILES string of the molecule is COC(=O)C(NCCCO)C1CC1. The summed E-state index contributed by atoms with van der Waals surface area (Å²) in [6, 6.07) is -0.156. The second-order valence-electron chi connectivity index (χ2n) is 3.37. The first-order valence-corrected chi connectivity index (χ1v) is 4.71. The van der Waals surface area contributed by atoms with E-state index in [1.54, 1.807) is 0 Å². The Balaban J connectivity index is 2.25. The number of nitrogens with one attached hydrogen (secondary N) is 1. The lowest BCUT2D eigenvalue weighted by molar-refractivity contribution is -0.143. The van der Waals surface area contributed by atoms with Gasteiger partial charge < -0.3 is 15.2 Å². The Hall–Kier alpha value is -0.610. The van der Waals surface area contributed by atoms with Gasteiger partial charge in [0.1, 0.15) is 6.04 Å². The van der Waals surface area contributed by atoms with E-state index < -0.39 is 0 Å². The van der Waals surface area contributed by atoms with E-state index in [1.807, 2.05) is 0 Å². The summed E-state index contributed by atoms with van der Waals surface area (Å²) in [4.78, 5) is 11.2. The van der Waals surface area contributed by atoms with E-state index in [0.717, 1.165) is 12.8 Å². The van der Waals surface area contributed by atoms with Crippen LogP contribution in [0, 0.1) is 5.92 Å². The van der Waals surface area contributed by atoms with Crippen molar-refractivity contribution in [1.82, 2.24) is 5.32 Å². The highest BCUT2D eigenvalue weighted by atomic mass is 16.5. The Bertz CT molecular complexity index is 168. The highest BCUT2D eigenvalue weighted by Crippen LogP contribution is 2.33. The molecule has 0 radical (unpaired) electrons. The van der Waals surface area contributed by atoms with Gasteiger partial charge >= 0.3 is 5.97 Å². The molecule has 0 aliphatic heterocycles. The minimum atomic E-state index is -0.180. The second kappa shape index (κ2) is 5.19. The lowest BCUT2D eigenvalue weighted by atomic mass is 10.2. The minimum Gasteiger partial charge on any atom is -0.468 e. The Morgan fingerprint density at radius 1 is 1.69 bits per heavy atom. The molecule has 0 heterocycles. The first-order chi connectivity index (χ1) is 6.29. The zero-order valence-electron chi connectivity index (χ0n) is 7.95. The van der Waals surface area contributed by atoms with Gasteiger partial charge in [0.15, 0.2) is 0 Å². The number of rotatable bonds is 6. The van der Waals surface area contributed by atoms with Crippen molar-refractivity contribution in [2.24, 2.45) is 5.92 Å². The molecule has 0 saturated heterocycles. The van der Waals surface area contributed by atoms with E-state index in [4.69, 9.17) is 5.11 Å². The molecule has 1 aliphatic rings. The van der Waals surface area contributed by atoms with E-state index in [2.05, 4.69) is 10.1 Å². The topological polar surface area (TPSA) is 58.6 Å². The highest BCUT2D eigenvalue weighted by Gasteiger charge is 2.36. The smallest absolute Gasteiger partial charge is 0.323 e. The average Bonchev–Trinajstić information content (AvgIpc) is 2.95. The van der Waals surface area contributed by atoms with E-state index in [0.29, 0.717) is 18.9 Å². The molecule has 1 rings (SSSR count). The van der Waals surface area contributed by atoms with Crippen molar-refractivity contribution in [2.75, 3.05) is 20.3 Å². The van der Waals surface area contributed by atoms with Crippen LogP contribution in [0.15, 0.2) is 0 Å². The molecule has 0 aromatic heterocycles. The maximum Gasteiger partial charge on any atom is 0.323 e. The van der Waals surface area contributed by atoms with Crippen molar-refractivity contribution in [3.63, 3.8) is 0 Å². The molecule has 13 heavy (non-hydrogen) atoms. The van der Waals surface area contributed by atoms with Crippen molar-refractivity contribution in [1.29, 1.82) is 0 Å². The van der Waals surface area contributed by atoms with Crippen LogP contribution < -0.4 is 5.32 Å². The summed E-state index contributed by atoms with van der Waals surface area (Å²) in [5.41, 5.74) is 0. The summed E-state index contributed by atoms with van der Waals surface area (Å²) < 4.78 is 4.68. The molecule has 2 N–H and O–H groups in total. The molecule has 0 bridgehead atoms. The molecule has 4 heteroatoms. The van der Waals surface area contributed by atoms with Crippen LogP contribution in [0.2, 0.25) is 0 Å². The summed E-state index contributed by atoms with van der Waals surface area (Å²) >= 11 is 0. The molecule has 1 fully saturated rings. The molecule has 1 aliphatic carbocycles. The Morgan fingerprint density at radius 3 is 2.85 bits per heavy atom. The number of ether oxygens (including phenoxy) is 1. The van der Waals surface area contributed by atoms with Crippen LogP contribution in [0.5, 0.6) is 0 Å². The van der Waals surface area contributed by atoms with E-state index >= 15 is 0 Å². The summed E-state index contributed by atoms with van der Waals surface area (Å²) in [6.07, 6.45) is 2.89. The van der Waals surface area contributed by atoms with Gasteiger partial charge in [0.2, 0.25) is 0 Å². The van der Waals surface area contributed by atoms with Gasteiger partial charge in [-0.2, -0.15) is 0 Å². The number of carbonyl (C=O) groups excluding carboxylic acids is 1. The van der Waals surface area contributed by atoms with Gasteiger partial charge in [-0.25, -0.2) is 0 Å². The molecule has 0 aromatic carbocycles. The molecule has 0 aromatic rings. The zero-order valence-corrected chi connectivity index (χ0v) is 7.95. The van der Waals surface area contributed by atoms with Crippen LogP contribution in [-0.2, 0) is 9.53 Å². The number of aliphatic hydroxyl groups excluding tert-OH is 1. The third-order valence-corrected chi connectivity index (χ3v) is 2.25. The van der Waals surface area contributed by atoms with Crippen molar-refractivity contribution >= 4 is 5.97 Å². The predicted molar refractivity (Wildman–Crippen MR) is 48.2 cm³/mol. The van der Waals surface area contributed by atoms with Crippen LogP contribution in [0.3, 0.4) is 0 Å². The van der Waals surface area contributed by atoms with Gasteiger partial charge in [0.25, 0.3) is 0 Å². The van der Waals surface area contributed by atoms with Gasteiger partial charge in [-0.1, -0.05) is 0 Å². The molecular weight excluding hydrogens is 170 g/mol. The Kier molecular flexibility index (Phi) is 4.18. The summed E-state index contributed by atoms with van der Waals surface area (Å²) in [5, 5.41) is 11.7. The van der Waals surface area contributed by atoms with E-state index in [-0.39, 0.29) is 18.6 Å². The zero-order chi connectivity index (χ0) is 9.68. The molecular formula is C9H17NO3. The quantitative estimate of drug-likeness (QED) is 0.450. The summed E-state index contributed by atoms with van der Waals surface area (Å²) in [7, 11) is 1.41. The maximum atomic E-state index is 11.2. The van der Waals surface area contributed by atoms with Crippen LogP contribution in [0.4, 0.5) is 0 Å². The van der Waals surface area contributed by atoms with Crippen molar-refractivity contribution in [2.45, 2.75) is 25.3 Å². The van der Waals surface area contributed by atoms with Crippen LogP contribution >= 0.6 is 0 Å². The van der Waals surface area contributed by atoms with Gasteiger partial charge in [0.05, 0.1) is 7.11 Å². The molecule has 0 amide bonds. The molecule has 1 atom stereocenters. The van der Waals surface area contributed by atoms with Gasteiger partial charge in [0, 0.05) is 6.61 Å². The van der Waals surface area contributed by atoms with Crippen LogP contribution in [0.1, 0.15) is 19.3 Å². The standard InChI is InChI=1S/C9H17NO3/c1-13-9(12)8(7-3-4-7)10-5-2-6-11/h7-8,10-11H,2-6H2,1H3. The van der Waals surface area contributed by atoms with Crippen LogP contribution in [0.25, 0.3) is 0 Å². The monoisotopic (exact) mass is 187 g/mol. The van der Waals surface area contributed by atoms with Gasteiger partial charge in [-0.15, -0.1) is 0 Å². The first-order valence-electron chi connectivity index (χ1n) is 4.71. The van der Waals surface area contributed by atoms with Gasteiger partial charge in [-0.3, -0.25) is 4.79 Å². The fraction of sp³-hybridized carbons (Fsp3) is 0.889. The number of esters is 1. The number of aliphatic hydroxyl groups is 1. The summed E-state index contributed by atoms with van der Waals surface area (Å²) in [5.74, 6) is 0.270. The van der Waals surface area contributed by atoms with Crippen LogP contribution in [-0.4, -0.2) is 37.4 Å². The third-order valence-electron chi connectivity index (χ3n) is 2.25. The number of hydrogen-bond donors (Lipinski definition) is 2. The average molecular weight is 187 g/mol. The van der Waals surface area contributed by atoms with E-state index in [1.165, 1.54) is 7.11 Å². The van der Waals surface area contributed by atoms with Gasteiger partial charge in [-0.05, 0) is 31.7 Å². The minimum absolute atomic E-state index is 0.156. The highest BCUT2D eigenvalue weighted by molar-refractivity contribution is 5.76. The molecule has 1 unspecified atom stereocenters. The number of methoxy groups -OCH3 is 1. The Labute approximate surface area is 78.3 Å². The first kappa shape index (κ1) is 10.5. The van der Waals surface area contributed by atoms with Crippen molar-refractivity contribution in [3.8, 4) is 0 Å². The van der Waals surface area contributed by atoms with Crippen molar-refractivity contribution in [3.05, 3.63) is 0 Å².